The Morgan fingerprint density at radius 1 is 1.12 bits per heavy atom. The Kier molecular flexibility index (Phi) is 3.17. The van der Waals surface area contributed by atoms with Gasteiger partial charge in [0.15, 0.2) is 0 Å². The summed E-state index contributed by atoms with van der Waals surface area (Å²) in [6.45, 7) is 2.02. The van der Waals surface area contributed by atoms with Crippen LogP contribution in [0.15, 0.2) is 30.3 Å². The Balaban J connectivity index is 1.65. The second-order valence-electron chi connectivity index (χ2n) is 7.51. The minimum Gasteiger partial charge on any atom is -0.362 e. The third kappa shape index (κ3) is 2.00. The second-order valence-corrected chi connectivity index (χ2v) is 7.95. The zero-order valence-corrected chi connectivity index (χ0v) is 14.7. The Morgan fingerprint density at radius 2 is 1.88 bits per heavy atom. The van der Waals surface area contributed by atoms with Gasteiger partial charge in [-0.05, 0) is 61.6 Å². The van der Waals surface area contributed by atoms with Crippen molar-refractivity contribution in [1.82, 2.24) is 4.98 Å². The molecule has 5 rings (SSSR count). The van der Waals surface area contributed by atoms with Crippen LogP contribution in [0.25, 0.3) is 0 Å². The molecule has 1 aromatic heterocycles. The largest absolute Gasteiger partial charge is 0.362 e. The number of hydrogen-bond acceptors (Lipinski definition) is 2. The van der Waals surface area contributed by atoms with Crippen LogP contribution in [0.1, 0.15) is 48.0 Å². The summed E-state index contributed by atoms with van der Waals surface area (Å²) in [5.41, 5.74) is 3.93. The van der Waals surface area contributed by atoms with Crippen LogP contribution in [-0.4, -0.2) is 16.8 Å². The number of rotatable bonds is 1. The topological polar surface area (TPSA) is 53.2 Å². The third-order valence-electron chi connectivity index (χ3n) is 6.19. The summed E-state index contributed by atoms with van der Waals surface area (Å²) in [5, 5.41) is 0.597. The number of nitrogens with zero attached hydrogens (tertiary/aromatic N) is 1. The smallest absolute Gasteiger partial charge is 0.242 e. The first kappa shape index (κ1) is 15.2. The summed E-state index contributed by atoms with van der Waals surface area (Å²) >= 11 is 5.96. The Bertz CT molecular complexity index is 886. The van der Waals surface area contributed by atoms with Gasteiger partial charge in [0, 0.05) is 22.3 Å². The number of amides is 2. The zero-order valence-electron chi connectivity index (χ0n) is 14.0. The van der Waals surface area contributed by atoms with E-state index < -0.39 is 0 Å². The highest BCUT2D eigenvalue weighted by molar-refractivity contribution is 6.31. The molecule has 1 saturated carbocycles. The number of H-pyrrole nitrogens is 1. The van der Waals surface area contributed by atoms with E-state index in [2.05, 4.69) is 11.1 Å². The van der Waals surface area contributed by atoms with Crippen molar-refractivity contribution in [1.29, 1.82) is 0 Å². The van der Waals surface area contributed by atoms with Crippen molar-refractivity contribution >= 4 is 29.1 Å². The summed E-state index contributed by atoms with van der Waals surface area (Å²) in [7, 11) is 0. The van der Waals surface area contributed by atoms with Crippen LogP contribution >= 0.6 is 11.6 Å². The molecular weight excluding hydrogens is 336 g/mol. The van der Waals surface area contributed by atoms with E-state index in [1.165, 1.54) is 10.6 Å². The normalized spacial score (nSPS) is 30.4. The van der Waals surface area contributed by atoms with Gasteiger partial charge in [-0.1, -0.05) is 18.0 Å². The highest BCUT2D eigenvalue weighted by Gasteiger charge is 2.58. The van der Waals surface area contributed by atoms with Crippen LogP contribution in [0, 0.1) is 18.8 Å². The molecule has 0 unspecified atom stereocenters. The summed E-state index contributed by atoms with van der Waals surface area (Å²) in [6.07, 6.45) is 3.25. The number of anilines is 1. The highest BCUT2D eigenvalue weighted by atomic mass is 35.5. The molecule has 25 heavy (non-hydrogen) atoms. The third-order valence-corrected chi connectivity index (χ3v) is 6.44. The SMILES string of the molecule is Cc1cc2c([nH]1)[C@@H]1CCC[C@@H]1[C@@H]1C(=O)N(c3ccc(Cl)cc3)C(=O)[C@H]21. The van der Waals surface area contributed by atoms with Gasteiger partial charge < -0.3 is 4.98 Å². The van der Waals surface area contributed by atoms with E-state index in [0.29, 0.717) is 16.6 Å². The van der Waals surface area contributed by atoms with Crippen molar-refractivity contribution in [3.63, 3.8) is 0 Å². The minimum absolute atomic E-state index is 0.0428. The number of benzene rings is 1. The lowest BCUT2D eigenvalue weighted by atomic mass is 9.68. The lowest BCUT2D eigenvalue weighted by Gasteiger charge is -2.33. The maximum absolute atomic E-state index is 13.3. The van der Waals surface area contributed by atoms with Gasteiger partial charge >= 0.3 is 0 Å². The molecule has 5 heteroatoms. The fraction of sp³-hybridized carbons (Fsp3) is 0.400. The van der Waals surface area contributed by atoms with E-state index in [-0.39, 0.29) is 29.6 Å². The fourth-order valence-electron chi connectivity index (χ4n) is 5.27. The molecule has 2 aliphatic carbocycles. The maximum atomic E-state index is 13.3. The van der Waals surface area contributed by atoms with Gasteiger partial charge in [-0.2, -0.15) is 0 Å². The predicted molar refractivity (Wildman–Crippen MR) is 95.8 cm³/mol. The summed E-state index contributed by atoms with van der Waals surface area (Å²) < 4.78 is 0. The lowest BCUT2D eigenvalue weighted by Crippen LogP contribution is -2.33. The van der Waals surface area contributed by atoms with Crippen LogP contribution in [0.5, 0.6) is 0 Å². The van der Waals surface area contributed by atoms with Gasteiger partial charge in [0.2, 0.25) is 11.8 Å². The van der Waals surface area contributed by atoms with Crippen molar-refractivity contribution in [2.75, 3.05) is 4.90 Å². The first-order valence-electron chi connectivity index (χ1n) is 8.89. The highest BCUT2D eigenvalue weighted by Crippen LogP contribution is 2.57. The molecule has 4 nitrogen and oxygen atoms in total. The van der Waals surface area contributed by atoms with Gasteiger partial charge in [-0.25, -0.2) is 4.90 Å². The number of aromatic nitrogens is 1. The summed E-state index contributed by atoms with van der Waals surface area (Å²) in [6, 6.07) is 9.03. The van der Waals surface area contributed by atoms with Crippen molar-refractivity contribution in [3.05, 3.63) is 52.3 Å². The summed E-state index contributed by atoms with van der Waals surface area (Å²) in [5.74, 6) is -0.0568. The number of aromatic amines is 1. The van der Waals surface area contributed by atoms with E-state index in [9.17, 15) is 9.59 Å². The minimum atomic E-state index is -0.345. The molecule has 1 aliphatic heterocycles. The average Bonchev–Trinajstić information content (AvgIpc) is 3.25. The molecule has 2 aromatic rings. The molecule has 0 radical (unpaired) electrons. The zero-order chi connectivity index (χ0) is 17.3. The van der Waals surface area contributed by atoms with Gasteiger partial charge in [0.1, 0.15) is 0 Å². The van der Waals surface area contributed by atoms with Crippen molar-refractivity contribution in [2.45, 2.75) is 38.0 Å². The van der Waals surface area contributed by atoms with E-state index in [0.717, 1.165) is 30.5 Å². The van der Waals surface area contributed by atoms with E-state index >= 15 is 0 Å². The molecule has 0 bridgehead atoms. The Labute approximate surface area is 151 Å². The molecule has 1 saturated heterocycles. The monoisotopic (exact) mass is 354 g/mol. The van der Waals surface area contributed by atoms with Gasteiger partial charge in [-0.15, -0.1) is 0 Å². The van der Waals surface area contributed by atoms with Gasteiger partial charge in [0.25, 0.3) is 0 Å². The van der Waals surface area contributed by atoms with Crippen molar-refractivity contribution in [2.24, 2.45) is 11.8 Å². The van der Waals surface area contributed by atoms with Crippen LogP contribution in [-0.2, 0) is 9.59 Å². The van der Waals surface area contributed by atoms with Crippen molar-refractivity contribution < 1.29 is 9.59 Å². The molecule has 128 valence electrons. The van der Waals surface area contributed by atoms with Gasteiger partial charge in [0.05, 0.1) is 17.5 Å². The Morgan fingerprint density at radius 3 is 2.64 bits per heavy atom. The molecular formula is C20H19ClN2O2. The first-order valence-corrected chi connectivity index (χ1v) is 9.27. The van der Waals surface area contributed by atoms with E-state index in [1.54, 1.807) is 24.3 Å². The van der Waals surface area contributed by atoms with E-state index in [4.69, 9.17) is 11.6 Å². The number of halogens is 1. The molecule has 2 fully saturated rings. The molecule has 1 aromatic carbocycles. The van der Waals surface area contributed by atoms with Crippen molar-refractivity contribution in [3.8, 4) is 0 Å². The number of nitrogens with one attached hydrogen (secondary N) is 1. The van der Waals surface area contributed by atoms with Crippen LogP contribution in [0.2, 0.25) is 5.02 Å². The maximum Gasteiger partial charge on any atom is 0.242 e. The second kappa shape index (κ2) is 5.21. The van der Waals surface area contributed by atoms with Crippen LogP contribution in [0.4, 0.5) is 5.69 Å². The lowest BCUT2D eigenvalue weighted by molar-refractivity contribution is -0.123. The molecule has 3 aliphatic rings. The number of carbonyl (C=O) groups is 2. The number of aryl methyl sites for hydroxylation is 1. The fourth-order valence-corrected chi connectivity index (χ4v) is 5.39. The molecule has 2 amide bonds. The van der Waals surface area contributed by atoms with Crippen LogP contribution < -0.4 is 4.90 Å². The quantitative estimate of drug-likeness (QED) is 0.782. The number of imide groups is 1. The van der Waals surface area contributed by atoms with E-state index in [1.807, 2.05) is 6.92 Å². The molecule has 4 atom stereocenters. The molecule has 2 heterocycles. The average molecular weight is 355 g/mol. The number of hydrogen-bond donors (Lipinski definition) is 1. The number of carbonyl (C=O) groups excluding carboxylic acids is 2. The Hall–Kier alpha value is -2.07. The van der Waals surface area contributed by atoms with Crippen LogP contribution in [0.3, 0.4) is 0 Å². The molecule has 0 spiro atoms. The predicted octanol–water partition coefficient (Wildman–Crippen LogP) is 4.15. The van der Waals surface area contributed by atoms with Gasteiger partial charge in [-0.3, -0.25) is 9.59 Å². The summed E-state index contributed by atoms with van der Waals surface area (Å²) in [4.78, 5) is 31.4. The number of fused-ring (bicyclic) bond motifs is 6. The first-order chi connectivity index (χ1) is 12.1. The molecule has 1 N–H and O–H groups in total. The standard InChI is InChI=1S/C20H19ClN2O2/c1-10-9-15-17-16(13-3-2-4-14(13)18(15)22-10)19(24)23(20(17)25)12-7-5-11(21)6-8-12/h5-9,13-14,16-17,22H,2-4H2,1H3/t13-,14+,16-,17+/m0/s1.